The van der Waals surface area contributed by atoms with Gasteiger partial charge in [-0.05, 0) is 43.5 Å². The van der Waals surface area contributed by atoms with Crippen LogP contribution >= 0.6 is 0 Å². The third-order valence-electron chi connectivity index (χ3n) is 3.97. The summed E-state index contributed by atoms with van der Waals surface area (Å²) in [5.41, 5.74) is 1.88. The molecule has 0 aliphatic carbocycles. The highest BCUT2D eigenvalue weighted by molar-refractivity contribution is 5.93. The fourth-order valence-corrected chi connectivity index (χ4v) is 2.45. The Balaban J connectivity index is 2.12. The Kier molecular flexibility index (Phi) is 5.72. The molecule has 2 unspecified atom stereocenters. The van der Waals surface area contributed by atoms with Crippen LogP contribution in [0, 0.1) is 5.82 Å². The van der Waals surface area contributed by atoms with Gasteiger partial charge in [0, 0.05) is 6.54 Å². The minimum absolute atomic E-state index is 0.228. The van der Waals surface area contributed by atoms with Crippen LogP contribution in [0.5, 0.6) is 0 Å². The molecule has 0 radical (unpaired) electrons. The van der Waals surface area contributed by atoms with Gasteiger partial charge in [0.2, 0.25) is 0 Å². The van der Waals surface area contributed by atoms with Gasteiger partial charge in [0.1, 0.15) is 11.5 Å². The van der Waals surface area contributed by atoms with E-state index in [-0.39, 0.29) is 17.6 Å². The molecule has 1 aromatic heterocycles. The van der Waals surface area contributed by atoms with E-state index >= 15 is 0 Å². The van der Waals surface area contributed by atoms with Crippen LogP contribution in [0.1, 0.15) is 61.5 Å². The first-order valence-corrected chi connectivity index (χ1v) is 8.15. The summed E-state index contributed by atoms with van der Waals surface area (Å²) in [6.45, 7) is 8.26. The lowest BCUT2D eigenvalue weighted by Gasteiger charge is -2.20. The monoisotopic (exact) mass is 333 g/mol. The molecular weight excluding hydrogens is 309 g/mol. The number of aliphatic hydroxyl groups is 1. The number of amides is 1. The molecule has 1 aromatic carbocycles. The van der Waals surface area contributed by atoms with E-state index < -0.39 is 12.1 Å². The lowest BCUT2D eigenvalue weighted by Crippen LogP contribution is -2.38. The fourth-order valence-electron chi connectivity index (χ4n) is 2.45. The number of carbonyl (C=O) groups excluding carboxylic acids is 1. The highest BCUT2D eigenvalue weighted by atomic mass is 19.1. The number of aryl methyl sites for hydroxylation is 1. The molecule has 24 heavy (non-hydrogen) atoms. The van der Waals surface area contributed by atoms with Crippen LogP contribution < -0.4 is 5.32 Å². The number of halogens is 1. The maximum Gasteiger partial charge on any atom is 0.269 e. The number of hydrogen-bond donors (Lipinski definition) is 2. The molecule has 0 spiro atoms. The molecular formula is C18H24FN3O2. The van der Waals surface area contributed by atoms with Crippen molar-refractivity contribution < 1.29 is 14.3 Å². The molecule has 0 aliphatic heterocycles. The van der Waals surface area contributed by atoms with Gasteiger partial charge in [-0.2, -0.15) is 5.10 Å². The summed E-state index contributed by atoms with van der Waals surface area (Å²) in [6.07, 6.45) is -0.919. The summed E-state index contributed by atoms with van der Waals surface area (Å²) in [7, 11) is 0. The Morgan fingerprint density at radius 1 is 1.29 bits per heavy atom. The van der Waals surface area contributed by atoms with Gasteiger partial charge in [0.25, 0.3) is 5.91 Å². The smallest absolute Gasteiger partial charge is 0.269 e. The quantitative estimate of drug-likeness (QED) is 0.854. The number of carbonyl (C=O) groups is 1. The van der Waals surface area contributed by atoms with E-state index in [0.29, 0.717) is 17.8 Å². The van der Waals surface area contributed by atoms with Crippen molar-refractivity contribution in [2.45, 2.75) is 52.3 Å². The predicted molar refractivity (Wildman–Crippen MR) is 90.3 cm³/mol. The predicted octanol–water partition coefficient (Wildman–Crippen LogP) is 3.02. The SMILES string of the molecule is CCn1nc(C(C)C)cc1C(=O)NC(C)C(O)c1ccc(F)cc1. The highest BCUT2D eigenvalue weighted by Crippen LogP contribution is 2.19. The summed E-state index contributed by atoms with van der Waals surface area (Å²) < 4.78 is 14.6. The molecule has 2 aromatic rings. The van der Waals surface area contributed by atoms with Gasteiger partial charge >= 0.3 is 0 Å². The Bertz CT molecular complexity index is 695. The van der Waals surface area contributed by atoms with Crippen molar-refractivity contribution in [3.8, 4) is 0 Å². The maximum absolute atomic E-state index is 13.0. The second-order valence-corrected chi connectivity index (χ2v) is 6.18. The zero-order chi connectivity index (χ0) is 17.9. The average Bonchev–Trinajstić information content (AvgIpc) is 2.99. The van der Waals surface area contributed by atoms with Gasteiger partial charge < -0.3 is 10.4 Å². The molecule has 0 fully saturated rings. The van der Waals surface area contributed by atoms with E-state index in [9.17, 15) is 14.3 Å². The van der Waals surface area contributed by atoms with Crippen LogP contribution in [0.3, 0.4) is 0 Å². The third-order valence-corrected chi connectivity index (χ3v) is 3.97. The molecule has 2 N–H and O–H groups in total. The molecule has 0 bridgehead atoms. The van der Waals surface area contributed by atoms with Crippen molar-refractivity contribution >= 4 is 5.91 Å². The van der Waals surface area contributed by atoms with Crippen molar-refractivity contribution in [1.29, 1.82) is 0 Å². The molecule has 1 amide bonds. The minimum Gasteiger partial charge on any atom is -0.386 e. The van der Waals surface area contributed by atoms with Crippen molar-refractivity contribution in [1.82, 2.24) is 15.1 Å². The van der Waals surface area contributed by atoms with Crippen molar-refractivity contribution in [3.05, 3.63) is 53.1 Å². The summed E-state index contributed by atoms with van der Waals surface area (Å²) in [4.78, 5) is 12.5. The molecule has 2 rings (SSSR count). The molecule has 0 saturated heterocycles. The van der Waals surface area contributed by atoms with Gasteiger partial charge in [-0.1, -0.05) is 26.0 Å². The maximum atomic E-state index is 13.0. The molecule has 130 valence electrons. The van der Waals surface area contributed by atoms with Crippen LogP contribution in [0.25, 0.3) is 0 Å². The standard InChI is InChI=1S/C18H24FN3O2/c1-5-22-16(10-15(21-22)11(2)3)18(24)20-12(4)17(23)13-6-8-14(19)9-7-13/h6-12,17,23H,5H2,1-4H3,(H,20,24). The van der Waals surface area contributed by atoms with Crippen LogP contribution in [0.15, 0.2) is 30.3 Å². The van der Waals surface area contributed by atoms with Gasteiger partial charge in [-0.15, -0.1) is 0 Å². The Morgan fingerprint density at radius 2 is 1.92 bits per heavy atom. The zero-order valence-electron chi connectivity index (χ0n) is 14.5. The molecule has 2 atom stereocenters. The van der Waals surface area contributed by atoms with Gasteiger partial charge in [0.15, 0.2) is 0 Å². The van der Waals surface area contributed by atoms with Crippen LogP contribution in [0.2, 0.25) is 0 Å². The molecule has 5 nitrogen and oxygen atoms in total. The highest BCUT2D eigenvalue weighted by Gasteiger charge is 2.22. The average molecular weight is 333 g/mol. The molecule has 1 heterocycles. The van der Waals surface area contributed by atoms with Crippen LogP contribution in [0.4, 0.5) is 4.39 Å². The summed E-state index contributed by atoms with van der Waals surface area (Å²) >= 11 is 0. The van der Waals surface area contributed by atoms with Crippen LogP contribution in [-0.4, -0.2) is 26.8 Å². The first-order chi connectivity index (χ1) is 11.3. The van der Waals surface area contributed by atoms with Crippen molar-refractivity contribution in [2.75, 3.05) is 0 Å². The second-order valence-electron chi connectivity index (χ2n) is 6.18. The first kappa shape index (κ1) is 18.1. The Labute approximate surface area is 141 Å². The number of nitrogens with zero attached hydrogens (tertiary/aromatic N) is 2. The first-order valence-electron chi connectivity index (χ1n) is 8.15. The topological polar surface area (TPSA) is 67.2 Å². The lowest BCUT2D eigenvalue weighted by atomic mass is 10.0. The fraction of sp³-hybridized carbons (Fsp3) is 0.444. The van der Waals surface area contributed by atoms with E-state index in [1.165, 1.54) is 24.3 Å². The lowest BCUT2D eigenvalue weighted by molar-refractivity contribution is 0.0842. The van der Waals surface area contributed by atoms with Gasteiger partial charge in [-0.3, -0.25) is 9.48 Å². The largest absolute Gasteiger partial charge is 0.386 e. The van der Waals surface area contributed by atoms with E-state index in [1.807, 2.05) is 20.8 Å². The normalized spacial score (nSPS) is 13.8. The number of rotatable bonds is 6. The third kappa shape index (κ3) is 4.00. The van der Waals surface area contributed by atoms with Crippen molar-refractivity contribution in [2.24, 2.45) is 0 Å². The Morgan fingerprint density at radius 3 is 2.46 bits per heavy atom. The van der Waals surface area contributed by atoms with E-state index in [0.717, 1.165) is 5.69 Å². The minimum atomic E-state index is -0.919. The molecule has 0 aliphatic rings. The van der Waals surface area contributed by atoms with E-state index in [4.69, 9.17) is 0 Å². The van der Waals surface area contributed by atoms with Crippen LogP contribution in [-0.2, 0) is 6.54 Å². The van der Waals surface area contributed by atoms with Gasteiger partial charge in [0.05, 0.1) is 17.8 Å². The Hall–Kier alpha value is -2.21. The van der Waals surface area contributed by atoms with Crippen molar-refractivity contribution in [3.63, 3.8) is 0 Å². The molecule has 6 heteroatoms. The summed E-state index contributed by atoms with van der Waals surface area (Å²) in [6, 6.07) is 6.85. The summed E-state index contributed by atoms with van der Waals surface area (Å²) in [5.74, 6) is -0.424. The number of hydrogen-bond acceptors (Lipinski definition) is 3. The molecule has 0 saturated carbocycles. The number of nitrogens with one attached hydrogen (secondary N) is 1. The number of benzene rings is 1. The van der Waals surface area contributed by atoms with Gasteiger partial charge in [-0.25, -0.2) is 4.39 Å². The number of aliphatic hydroxyl groups excluding tert-OH is 1. The second kappa shape index (κ2) is 7.57. The van der Waals surface area contributed by atoms with E-state index in [2.05, 4.69) is 10.4 Å². The van der Waals surface area contributed by atoms with E-state index in [1.54, 1.807) is 17.7 Å². The number of aromatic nitrogens is 2. The summed E-state index contributed by atoms with van der Waals surface area (Å²) in [5, 5.41) is 17.5. The zero-order valence-corrected chi connectivity index (χ0v) is 14.5.